The Morgan fingerprint density at radius 3 is 2.04 bits per heavy atom. The maximum Gasteiger partial charge on any atom is 0.262 e. The Kier molecular flexibility index (Phi) is 15.6. The lowest BCUT2D eigenvalue weighted by atomic mass is 10.0. The quantitative estimate of drug-likeness (QED) is 0.276. The summed E-state index contributed by atoms with van der Waals surface area (Å²) in [7, 11) is 0. The molecule has 0 N–H and O–H groups in total. The summed E-state index contributed by atoms with van der Waals surface area (Å²) in [5.74, 6) is -0.0908. The van der Waals surface area contributed by atoms with Crippen molar-refractivity contribution in [3.63, 3.8) is 0 Å². The van der Waals surface area contributed by atoms with Gasteiger partial charge in [0, 0.05) is 17.0 Å². The Labute approximate surface area is 174 Å². The highest BCUT2D eigenvalue weighted by Gasteiger charge is 2.21. The number of allylic oxidation sites excluding steroid dienone is 8. The Morgan fingerprint density at radius 1 is 1.07 bits per heavy atom. The first-order valence-electron chi connectivity index (χ1n) is 10.2. The van der Waals surface area contributed by atoms with Crippen LogP contribution < -0.4 is 0 Å². The molecule has 0 spiro atoms. The zero-order chi connectivity index (χ0) is 22.3. The topological polar surface area (TPSA) is 20.3 Å². The average molecular weight is 384 g/mol. The van der Waals surface area contributed by atoms with E-state index in [9.17, 15) is 4.79 Å². The summed E-state index contributed by atoms with van der Waals surface area (Å²) in [6, 6.07) is 0. The Morgan fingerprint density at radius 2 is 1.64 bits per heavy atom. The normalized spacial score (nSPS) is 11.4. The lowest BCUT2D eigenvalue weighted by Crippen LogP contribution is -2.29. The predicted octanol–water partition coefficient (Wildman–Crippen LogP) is 8.05. The molecule has 2 nitrogen and oxygen atoms in total. The van der Waals surface area contributed by atoms with E-state index in [1.165, 1.54) is 0 Å². The first-order chi connectivity index (χ1) is 13.2. The van der Waals surface area contributed by atoms with Crippen molar-refractivity contribution >= 4 is 5.91 Å². The van der Waals surface area contributed by atoms with Gasteiger partial charge in [-0.3, -0.25) is 9.69 Å². The van der Waals surface area contributed by atoms with Gasteiger partial charge >= 0.3 is 0 Å². The van der Waals surface area contributed by atoms with Crippen LogP contribution in [-0.4, -0.2) is 10.8 Å². The number of nitrogens with zero attached hydrogens (tertiary/aromatic N) is 1. The molecule has 1 amide bonds. The van der Waals surface area contributed by atoms with Crippen LogP contribution in [0.1, 0.15) is 74.7 Å². The van der Waals surface area contributed by atoms with Gasteiger partial charge in [0.05, 0.1) is 0 Å². The van der Waals surface area contributed by atoms with Crippen molar-refractivity contribution in [2.24, 2.45) is 0 Å². The minimum atomic E-state index is -0.0908. The van der Waals surface area contributed by atoms with Gasteiger partial charge in [-0.05, 0) is 65.2 Å². The molecular formula is C26H41NO. The van der Waals surface area contributed by atoms with Crippen LogP contribution in [0.3, 0.4) is 0 Å². The van der Waals surface area contributed by atoms with Crippen molar-refractivity contribution in [3.8, 4) is 0 Å². The molecule has 0 rings (SSSR count). The molecule has 0 atom stereocenters. The van der Waals surface area contributed by atoms with Gasteiger partial charge in [-0.2, -0.15) is 0 Å². The average Bonchev–Trinajstić information content (AvgIpc) is 2.66. The molecule has 0 unspecified atom stereocenters. The van der Waals surface area contributed by atoms with Crippen molar-refractivity contribution in [3.05, 3.63) is 83.8 Å². The molecule has 0 bridgehead atoms. The largest absolute Gasteiger partial charge is 0.282 e. The summed E-state index contributed by atoms with van der Waals surface area (Å²) in [6.07, 6.45) is 12.4. The number of hydrogen-bond acceptors (Lipinski definition) is 1. The van der Waals surface area contributed by atoms with Gasteiger partial charge in [-0.15, -0.1) is 0 Å². The van der Waals surface area contributed by atoms with Crippen LogP contribution in [0.5, 0.6) is 0 Å². The van der Waals surface area contributed by atoms with Crippen LogP contribution in [0.4, 0.5) is 0 Å². The number of hydrogen-bond donors (Lipinski definition) is 0. The second kappa shape index (κ2) is 15.7. The summed E-state index contributed by atoms with van der Waals surface area (Å²) < 4.78 is 0. The molecule has 0 aromatic carbocycles. The molecule has 2 heteroatoms. The molecule has 0 heterocycles. The van der Waals surface area contributed by atoms with Crippen LogP contribution in [0.2, 0.25) is 0 Å². The van der Waals surface area contributed by atoms with E-state index in [2.05, 4.69) is 26.7 Å². The van der Waals surface area contributed by atoms with Crippen molar-refractivity contribution in [2.45, 2.75) is 74.7 Å². The number of rotatable bonds is 10. The minimum Gasteiger partial charge on any atom is -0.282 e. The van der Waals surface area contributed by atoms with E-state index in [-0.39, 0.29) is 5.91 Å². The second-order valence-corrected chi connectivity index (χ2v) is 6.63. The molecule has 0 aromatic rings. The third-order valence-corrected chi connectivity index (χ3v) is 4.06. The summed E-state index contributed by atoms with van der Waals surface area (Å²) in [4.78, 5) is 14.8. The van der Waals surface area contributed by atoms with Gasteiger partial charge in [0.25, 0.3) is 5.91 Å². The van der Waals surface area contributed by atoms with Crippen molar-refractivity contribution in [1.82, 2.24) is 4.90 Å². The molecule has 0 radical (unpaired) electrons. The van der Waals surface area contributed by atoms with Gasteiger partial charge in [0.2, 0.25) is 0 Å². The Balaban J connectivity index is 0. The minimum absolute atomic E-state index is 0.0908. The standard InChI is InChI=1S/C24H35NO.C2H6/c1-10-13-15-20(8)21(9)17-22(12-3)25(19(6)7)24(26)23(18(4)5)16-14-11-2;1-2/h11-12,14,16-17H,2,6,8,10,13,15H2,1,3-5,7,9H3;1-2H3/b16-14-,21-17+,22-12+;. The maximum atomic E-state index is 13.2. The number of unbranched alkanes of at least 4 members (excludes halogenated alkanes) is 1. The predicted molar refractivity (Wildman–Crippen MR) is 127 cm³/mol. The molecule has 0 fully saturated rings. The SMILES string of the molecule is C=C/C=C\C(C(=O)N(C(=C)C)C(/C=C(\C)C(=C)CCCC)=C/C)=C(C)C.CC. The fourth-order valence-electron chi connectivity index (χ4n) is 2.44. The van der Waals surface area contributed by atoms with Crippen molar-refractivity contribution < 1.29 is 4.79 Å². The third-order valence-electron chi connectivity index (χ3n) is 4.06. The van der Waals surface area contributed by atoms with E-state index >= 15 is 0 Å². The monoisotopic (exact) mass is 383 g/mol. The number of carbonyl (C=O) groups excluding carboxylic acids is 1. The first kappa shape index (κ1) is 27.9. The highest BCUT2D eigenvalue weighted by atomic mass is 16.2. The van der Waals surface area contributed by atoms with Gasteiger partial charge < -0.3 is 0 Å². The molecular weight excluding hydrogens is 342 g/mol. The maximum absolute atomic E-state index is 13.2. The smallest absolute Gasteiger partial charge is 0.262 e. The van der Waals surface area contributed by atoms with E-state index in [4.69, 9.17) is 0 Å². The van der Waals surface area contributed by atoms with E-state index in [1.54, 1.807) is 23.1 Å². The second-order valence-electron chi connectivity index (χ2n) is 6.63. The Bertz CT molecular complexity index is 665. The lowest BCUT2D eigenvalue weighted by Gasteiger charge is -2.25. The van der Waals surface area contributed by atoms with Crippen LogP contribution in [0, 0.1) is 0 Å². The van der Waals surface area contributed by atoms with Crippen LogP contribution in [0.15, 0.2) is 83.8 Å². The summed E-state index contributed by atoms with van der Waals surface area (Å²) in [5, 5.41) is 0. The summed E-state index contributed by atoms with van der Waals surface area (Å²) in [5.41, 5.74) is 5.27. The van der Waals surface area contributed by atoms with Crippen LogP contribution >= 0.6 is 0 Å². The molecule has 0 saturated heterocycles. The number of carbonyl (C=O) groups is 1. The van der Waals surface area contributed by atoms with Gasteiger partial charge in [0.1, 0.15) is 0 Å². The zero-order valence-corrected chi connectivity index (χ0v) is 19.5. The lowest BCUT2D eigenvalue weighted by molar-refractivity contribution is -0.123. The summed E-state index contributed by atoms with van der Waals surface area (Å²) >= 11 is 0. The molecule has 0 aliphatic rings. The van der Waals surface area contributed by atoms with Gasteiger partial charge in [-0.1, -0.05) is 76.3 Å². The summed E-state index contributed by atoms with van der Waals surface area (Å²) in [6.45, 7) is 27.7. The fourth-order valence-corrected chi connectivity index (χ4v) is 2.44. The van der Waals surface area contributed by atoms with Crippen LogP contribution in [-0.2, 0) is 4.79 Å². The highest BCUT2D eigenvalue weighted by molar-refractivity contribution is 5.99. The van der Waals surface area contributed by atoms with Crippen molar-refractivity contribution in [1.29, 1.82) is 0 Å². The number of amides is 1. The molecule has 0 saturated carbocycles. The molecule has 0 aliphatic heterocycles. The zero-order valence-electron chi connectivity index (χ0n) is 19.5. The van der Waals surface area contributed by atoms with Crippen LogP contribution in [0.25, 0.3) is 0 Å². The van der Waals surface area contributed by atoms with E-state index < -0.39 is 0 Å². The van der Waals surface area contributed by atoms with Gasteiger partial charge in [-0.25, -0.2) is 0 Å². The fraction of sp³-hybridized carbons (Fsp3) is 0.423. The molecule has 0 aromatic heterocycles. The van der Waals surface area contributed by atoms with Crippen molar-refractivity contribution in [2.75, 3.05) is 0 Å². The van der Waals surface area contributed by atoms with E-state index in [0.717, 1.165) is 41.7 Å². The molecule has 0 aliphatic carbocycles. The Hall–Kier alpha value is -2.35. The van der Waals surface area contributed by atoms with Gasteiger partial charge in [0.15, 0.2) is 0 Å². The molecule has 28 heavy (non-hydrogen) atoms. The highest BCUT2D eigenvalue weighted by Crippen LogP contribution is 2.23. The first-order valence-corrected chi connectivity index (χ1v) is 10.2. The third kappa shape index (κ3) is 9.55. The molecule has 156 valence electrons. The van der Waals surface area contributed by atoms with E-state index in [0.29, 0.717) is 11.3 Å². The van der Waals surface area contributed by atoms with E-state index in [1.807, 2.05) is 60.6 Å².